The van der Waals surface area contributed by atoms with E-state index in [4.69, 9.17) is 4.74 Å². The molecule has 5 nitrogen and oxygen atoms in total. The fourth-order valence-corrected chi connectivity index (χ4v) is 4.23. The molecule has 0 saturated carbocycles. The van der Waals surface area contributed by atoms with Crippen molar-refractivity contribution >= 4 is 11.7 Å². The molecule has 4 aromatic rings. The van der Waals surface area contributed by atoms with E-state index in [0.29, 0.717) is 6.54 Å². The number of ether oxygens (including phenoxy) is 1. The lowest BCUT2D eigenvalue weighted by Gasteiger charge is -2.31. The van der Waals surface area contributed by atoms with Crippen molar-refractivity contribution in [3.8, 4) is 11.4 Å². The third kappa shape index (κ3) is 3.50. The zero-order chi connectivity index (χ0) is 22.1. The first-order chi connectivity index (χ1) is 15.7. The maximum Gasteiger partial charge on any atom is 0.323 e. The summed E-state index contributed by atoms with van der Waals surface area (Å²) in [7, 11) is 1.62. The molecule has 1 N–H and O–H groups in total. The Kier molecular flexibility index (Phi) is 5.11. The topological polar surface area (TPSA) is 46.5 Å². The number of rotatable bonds is 3. The summed E-state index contributed by atoms with van der Waals surface area (Å²) in [5.41, 5.74) is 4.06. The van der Waals surface area contributed by atoms with Crippen LogP contribution in [0, 0.1) is 5.82 Å². The molecule has 160 valence electrons. The van der Waals surface area contributed by atoms with E-state index >= 15 is 0 Å². The van der Waals surface area contributed by atoms with E-state index in [1.807, 2.05) is 66.9 Å². The van der Waals surface area contributed by atoms with Crippen molar-refractivity contribution in [3.63, 3.8) is 0 Å². The van der Waals surface area contributed by atoms with E-state index in [2.05, 4.69) is 9.88 Å². The van der Waals surface area contributed by atoms with E-state index in [-0.39, 0.29) is 17.8 Å². The van der Waals surface area contributed by atoms with Gasteiger partial charge < -0.3 is 19.5 Å². The number of para-hydroxylation sites is 2. The summed E-state index contributed by atoms with van der Waals surface area (Å²) in [6, 6.07) is 25.1. The molecular formula is C26H22FN3O2. The number of nitrogens with one attached hydrogen (secondary N) is 1. The molecule has 32 heavy (non-hydrogen) atoms. The molecular weight excluding hydrogens is 405 g/mol. The highest BCUT2D eigenvalue weighted by Gasteiger charge is 2.33. The van der Waals surface area contributed by atoms with Gasteiger partial charge in [-0.15, -0.1) is 0 Å². The summed E-state index contributed by atoms with van der Waals surface area (Å²) < 4.78 is 21.7. The van der Waals surface area contributed by atoms with E-state index < -0.39 is 5.82 Å². The van der Waals surface area contributed by atoms with E-state index in [0.717, 1.165) is 28.3 Å². The maximum absolute atomic E-state index is 14.3. The largest absolute Gasteiger partial charge is 0.497 e. The van der Waals surface area contributed by atoms with Gasteiger partial charge in [0.25, 0.3) is 0 Å². The van der Waals surface area contributed by atoms with Crippen molar-refractivity contribution in [3.05, 3.63) is 114 Å². The van der Waals surface area contributed by atoms with Crippen LogP contribution in [-0.2, 0) is 6.54 Å². The fourth-order valence-electron chi connectivity index (χ4n) is 4.23. The van der Waals surface area contributed by atoms with Crippen LogP contribution in [0.3, 0.4) is 0 Å². The lowest BCUT2D eigenvalue weighted by molar-refractivity contribution is 0.194. The second-order valence-corrected chi connectivity index (χ2v) is 7.65. The molecule has 2 amide bonds. The van der Waals surface area contributed by atoms with Gasteiger partial charge in [-0.25, -0.2) is 9.18 Å². The predicted octanol–water partition coefficient (Wildman–Crippen LogP) is 5.76. The molecule has 1 aliphatic rings. The molecule has 0 aliphatic carbocycles. The Hall–Kier alpha value is -4.06. The molecule has 1 aliphatic heterocycles. The number of carbonyl (C=O) groups is 1. The number of halogens is 1. The van der Waals surface area contributed by atoms with Crippen molar-refractivity contribution in [1.29, 1.82) is 0 Å². The van der Waals surface area contributed by atoms with Crippen LogP contribution in [-0.4, -0.2) is 22.6 Å². The minimum absolute atomic E-state index is 0.152. The first-order valence-corrected chi connectivity index (χ1v) is 10.4. The zero-order valence-corrected chi connectivity index (χ0v) is 17.5. The van der Waals surface area contributed by atoms with Crippen molar-refractivity contribution in [2.75, 3.05) is 12.4 Å². The van der Waals surface area contributed by atoms with E-state index in [1.165, 1.54) is 6.07 Å². The SMILES string of the molecule is COc1ccc([C@@H]2c3cccn3-c3ccccc3CN2C(=O)Nc2ccccc2F)cc1. The number of hydrogen-bond acceptors (Lipinski definition) is 2. The minimum Gasteiger partial charge on any atom is -0.497 e. The summed E-state index contributed by atoms with van der Waals surface area (Å²) in [5.74, 6) is 0.267. The predicted molar refractivity (Wildman–Crippen MR) is 122 cm³/mol. The quantitative estimate of drug-likeness (QED) is 0.452. The van der Waals surface area contributed by atoms with Crippen LogP contribution >= 0.6 is 0 Å². The number of nitrogens with zero attached hydrogens (tertiary/aromatic N) is 2. The highest BCUT2D eigenvalue weighted by molar-refractivity contribution is 5.90. The van der Waals surface area contributed by atoms with E-state index in [1.54, 1.807) is 30.2 Å². The molecule has 3 aromatic carbocycles. The van der Waals surface area contributed by atoms with Crippen LogP contribution in [0.1, 0.15) is 22.9 Å². The molecule has 2 heterocycles. The van der Waals surface area contributed by atoms with Gasteiger partial charge in [0, 0.05) is 11.9 Å². The fraction of sp³-hybridized carbons (Fsp3) is 0.115. The zero-order valence-electron chi connectivity index (χ0n) is 17.5. The number of aromatic nitrogens is 1. The lowest BCUT2D eigenvalue weighted by atomic mass is 10.0. The average molecular weight is 427 g/mol. The Bertz CT molecular complexity index is 1270. The van der Waals surface area contributed by atoms with E-state index in [9.17, 15) is 9.18 Å². The Morgan fingerprint density at radius 2 is 1.72 bits per heavy atom. The third-order valence-corrected chi connectivity index (χ3v) is 5.77. The van der Waals surface area contributed by atoms with Gasteiger partial charge >= 0.3 is 6.03 Å². The van der Waals surface area contributed by atoms with Gasteiger partial charge in [-0.3, -0.25) is 0 Å². The molecule has 6 heteroatoms. The average Bonchev–Trinajstić information content (AvgIpc) is 3.25. The molecule has 0 unspecified atom stereocenters. The molecule has 0 spiro atoms. The van der Waals surface area contributed by atoms with Crippen LogP contribution in [0.25, 0.3) is 5.69 Å². The normalized spacial score (nSPS) is 14.8. The van der Waals surface area contributed by atoms with Crippen molar-refractivity contribution in [2.45, 2.75) is 12.6 Å². The number of urea groups is 1. The third-order valence-electron chi connectivity index (χ3n) is 5.77. The number of hydrogen-bond donors (Lipinski definition) is 1. The van der Waals surface area contributed by atoms with Crippen LogP contribution in [0.15, 0.2) is 91.1 Å². The van der Waals surface area contributed by atoms with Crippen LogP contribution in [0.2, 0.25) is 0 Å². The summed E-state index contributed by atoms with van der Waals surface area (Å²) in [6.45, 7) is 0.370. The van der Waals surface area contributed by atoms with Crippen molar-refractivity contribution in [1.82, 2.24) is 9.47 Å². The molecule has 0 radical (unpaired) electrons. The van der Waals surface area contributed by atoms with Gasteiger partial charge in [-0.05, 0) is 53.6 Å². The van der Waals surface area contributed by atoms with Gasteiger partial charge in [-0.2, -0.15) is 0 Å². The monoisotopic (exact) mass is 427 g/mol. The number of carbonyl (C=O) groups excluding carboxylic acids is 1. The van der Waals surface area contributed by atoms with Gasteiger partial charge in [-0.1, -0.05) is 42.5 Å². The first kappa shape index (κ1) is 19.9. The van der Waals surface area contributed by atoms with Crippen molar-refractivity contribution in [2.24, 2.45) is 0 Å². The number of fused-ring (bicyclic) bond motifs is 3. The van der Waals surface area contributed by atoms with Gasteiger partial charge in [0.1, 0.15) is 11.6 Å². The molecule has 0 bridgehead atoms. The maximum atomic E-state index is 14.3. The first-order valence-electron chi connectivity index (χ1n) is 10.4. The minimum atomic E-state index is -0.472. The van der Waals surface area contributed by atoms with Gasteiger partial charge in [0.2, 0.25) is 0 Å². The second-order valence-electron chi connectivity index (χ2n) is 7.65. The molecule has 0 fully saturated rings. The molecule has 1 atom stereocenters. The standard InChI is InChI=1S/C26H22FN3O2/c1-32-20-14-12-18(13-15-20)25-24-11-6-16-29(24)23-10-5-2-7-19(23)17-30(25)26(31)28-22-9-4-3-8-21(22)27/h2-16,25H,17H2,1H3,(H,28,31)/t25-/m1/s1. The number of methoxy groups -OCH3 is 1. The Balaban J connectivity index is 1.63. The Morgan fingerprint density at radius 1 is 0.969 bits per heavy atom. The van der Waals surface area contributed by atoms with Crippen LogP contribution in [0.5, 0.6) is 5.75 Å². The second kappa shape index (κ2) is 8.23. The molecule has 5 rings (SSSR count). The summed E-state index contributed by atoms with van der Waals surface area (Å²) in [4.78, 5) is 15.3. The highest BCUT2D eigenvalue weighted by atomic mass is 19.1. The Labute approximate surface area is 185 Å². The molecule has 0 saturated heterocycles. The Morgan fingerprint density at radius 3 is 2.50 bits per heavy atom. The summed E-state index contributed by atoms with van der Waals surface area (Å²) in [5, 5.41) is 2.76. The number of anilines is 1. The number of benzene rings is 3. The van der Waals surface area contributed by atoms with Gasteiger partial charge in [0.15, 0.2) is 0 Å². The van der Waals surface area contributed by atoms with Crippen molar-refractivity contribution < 1.29 is 13.9 Å². The van der Waals surface area contributed by atoms with Crippen LogP contribution in [0.4, 0.5) is 14.9 Å². The lowest BCUT2D eigenvalue weighted by Crippen LogP contribution is -2.38. The summed E-state index contributed by atoms with van der Waals surface area (Å²) in [6.07, 6.45) is 2.00. The highest BCUT2D eigenvalue weighted by Crippen LogP contribution is 2.37. The van der Waals surface area contributed by atoms with Gasteiger partial charge in [0.05, 0.1) is 31.1 Å². The smallest absolute Gasteiger partial charge is 0.323 e. The van der Waals surface area contributed by atoms with Crippen LogP contribution < -0.4 is 10.1 Å². The summed E-state index contributed by atoms with van der Waals surface area (Å²) >= 11 is 0. The molecule has 1 aromatic heterocycles. The number of amides is 2.